The molecule has 17 heavy (non-hydrogen) atoms. The minimum atomic E-state index is -1.51. The number of thiophene rings is 1. The average Bonchev–Trinajstić information content (AvgIpc) is 2.63. The number of hydrogen-bond donors (Lipinski definition) is 2. The van der Waals surface area contributed by atoms with Crippen LogP contribution in [0.1, 0.15) is 16.5 Å². The molecule has 5 heteroatoms. The summed E-state index contributed by atoms with van der Waals surface area (Å²) in [6.07, 6.45) is -1.51. The number of methoxy groups -OCH3 is 1. The van der Waals surface area contributed by atoms with E-state index in [1.807, 2.05) is 12.1 Å². The summed E-state index contributed by atoms with van der Waals surface area (Å²) >= 11 is 1.45. The molecule has 0 amide bonds. The van der Waals surface area contributed by atoms with Gasteiger partial charge < -0.3 is 14.9 Å². The number of aliphatic hydroxyl groups is 1. The van der Waals surface area contributed by atoms with Gasteiger partial charge in [0.2, 0.25) is 0 Å². The van der Waals surface area contributed by atoms with Crippen LogP contribution in [0.3, 0.4) is 0 Å². The minimum Gasteiger partial charge on any atom is -0.496 e. The van der Waals surface area contributed by atoms with E-state index in [4.69, 9.17) is 9.84 Å². The van der Waals surface area contributed by atoms with Gasteiger partial charge in [0.25, 0.3) is 0 Å². The predicted molar refractivity (Wildman–Crippen MR) is 65.7 cm³/mol. The van der Waals surface area contributed by atoms with Crippen LogP contribution < -0.4 is 4.74 Å². The second-order valence-corrected chi connectivity index (χ2v) is 4.90. The lowest BCUT2D eigenvalue weighted by Crippen LogP contribution is -2.11. The summed E-state index contributed by atoms with van der Waals surface area (Å²) in [5.41, 5.74) is 0.426. The Bertz CT molecular complexity index is 573. The number of hydrogen-bond acceptors (Lipinski definition) is 4. The van der Waals surface area contributed by atoms with Crippen LogP contribution in [-0.4, -0.2) is 23.3 Å². The van der Waals surface area contributed by atoms with E-state index in [0.29, 0.717) is 16.7 Å². The molecule has 1 aromatic heterocycles. The van der Waals surface area contributed by atoms with Crippen molar-refractivity contribution >= 4 is 27.4 Å². The summed E-state index contributed by atoms with van der Waals surface area (Å²) in [6, 6.07) is 5.48. The highest BCUT2D eigenvalue weighted by atomic mass is 32.1. The summed E-state index contributed by atoms with van der Waals surface area (Å²) < 4.78 is 6.13. The van der Waals surface area contributed by atoms with E-state index in [1.54, 1.807) is 13.0 Å². The average molecular weight is 252 g/mol. The number of carboxylic acid groups (broad SMARTS) is 1. The number of aliphatic hydroxyl groups excluding tert-OH is 1. The van der Waals surface area contributed by atoms with E-state index >= 15 is 0 Å². The summed E-state index contributed by atoms with van der Waals surface area (Å²) in [5, 5.41) is 19.3. The molecule has 2 N–H and O–H groups in total. The topological polar surface area (TPSA) is 66.8 Å². The number of fused-ring (bicyclic) bond motifs is 1. The highest BCUT2D eigenvalue weighted by Gasteiger charge is 2.24. The van der Waals surface area contributed by atoms with Gasteiger partial charge in [-0.05, 0) is 19.1 Å². The molecule has 0 aliphatic carbocycles. The molecule has 1 unspecified atom stereocenters. The smallest absolute Gasteiger partial charge is 0.337 e. The van der Waals surface area contributed by atoms with Crippen LogP contribution in [0.25, 0.3) is 10.1 Å². The number of carboxylic acids is 1. The fraction of sp³-hybridized carbons (Fsp3) is 0.250. The van der Waals surface area contributed by atoms with Crippen molar-refractivity contribution < 1.29 is 19.7 Å². The number of aryl methyl sites for hydroxylation is 1. The van der Waals surface area contributed by atoms with Crippen molar-refractivity contribution in [3.05, 3.63) is 28.6 Å². The number of carbonyl (C=O) groups is 1. The molecule has 0 radical (unpaired) electrons. The second-order valence-electron chi connectivity index (χ2n) is 3.65. The number of aliphatic carboxylic acids is 1. The molecule has 0 aliphatic heterocycles. The summed E-state index contributed by atoms with van der Waals surface area (Å²) in [4.78, 5) is 11.7. The largest absolute Gasteiger partial charge is 0.496 e. The lowest BCUT2D eigenvalue weighted by atomic mass is 10.0. The molecular formula is C12H12O4S. The molecule has 0 fully saturated rings. The van der Waals surface area contributed by atoms with Gasteiger partial charge in [0, 0.05) is 20.5 Å². The summed E-state index contributed by atoms with van der Waals surface area (Å²) in [5.74, 6) is -0.666. The maximum atomic E-state index is 10.9. The first-order valence-electron chi connectivity index (χ1n) is 5.03. The van der Waals surface area contributed by atoms with Gasteiger partial charge in [-0.3, -0.25) is 0 Å². The Balaban J connectivity index is 2.77. The molecule has 1 atom stereocenters. The van der Waals surface area contributed by atoms with Gasteiger partial charge in [-0.2, -0.15) is 0 Å². The maximum absolute atomic E-state index is 10.9. The van der Waals surface area contributed by atoms with Gasteiger partial charge in [0.05, 0.1) is 7.11 Å². The van der Waals surface area contributed by atoms with Gasteiger partial charge in [-0.1, -0.05) is 6.07 Å². The van der Waals surface area contributed by atoms with Gasteiger partial charge in [0.15, 0.2) is 6.10 Å². The van der Waals surface area contributed by atoms with E-state index in [-0.39, 0.29) is 0 Å². The van der Waals surface area contributed by atoms with E-state index in [1.165, 1.54) is 18.4 Å². The summed E-state index contributed by atoms with van der Waals surface area (Å²) in [7, 11) is 1.53. The van der Waals surface area contributed by atoms with Gasteiger partial charge >= 0.3 is 5.97 Å². The van der Waals surface area contributed by atoms with E-state index in [2.05, 4.69) is 0 Å². The third-order valence-electron chi connectivity index (χ3n) is 2.63. The molecule has 1 heterocycles. The van der Waals surface area contributed by atoms with E-state index in [9.17, 15) is 9.90 Å². The highest BCUT2D eigenvalue weighted by Crippen LogP contribution is 2.40. The molecular weight excluding hydrogens is 240 g/mol. The number of ether oxygens (including phenoxy) is 1. The molecule has 90 valence electrons. The lowest BCUT2D eigenvalue weighted by molar-refractivity contribution is -0.146. The van der Waals surface area contributed by atoms with Crippen LogP contribution in [0.5, 0.6) is 5.75 Å². The van der Waals surface area contributed by atoms with Crippen LogP contribution in [0.15, 0.2) is 18.2 Å². The van der Waals surface area contributed by atoms with Crippen molar-refractivity contribution in [1.29, 1.82) is 0 Å². The van der Waals surface area contributed by atoms with Crippen LogP contribution in [0, 0.1) is 6.92 Å². The van der Waals surface area contributed by atoms with E-state index in [0.717, 1.165) is 9.58 Å². The Morgan fingerprint density at radius 2 is 2.18 bits per heavy atom. The molecule has 0 aliphatic rings. The maximum Gasteiger partial charge on any atom is 0.337 e. The SMILES string of the molecule is COc1cccc2sc(C)c(C(O)C(=O)O)c12. The van der Waals surface area contributed by atoms with Crippen molar-refractivity contribution in [2.24, 2.45) is 0 Å². The predicted octanol–water partition coefficient (Wildman–Crippen LogP) is 2.34. The normalized spacial score (nSPS) is 12.6. The Morgan fingerprint density at radius 1 is 1.47 bits per heavy atom. The molecule has 0 saturated carbocycles. The fourth-order valence-electron chi connectivity index (χ4n) is 1.88. The minimum absolute atomic E-state index is 0.426. The van der Waals surface area contributed by atoms with Crippen LogP contribution in [0.4, 0.5) is 0 Å². The first-order valence-corrected chi connectivity index (χ1v) is 5.84. The lowest BCUT2D eigenvalue weighted by Gasteiger charge is -2.08. The molecule has 0 spiro atoms. The summed E-state index contributed by atoms with van der Waals surface area (Å²) in [6.45, 7) is 1.80. The number of rotatable bonds is 3. The monoisotopic (exact) mass is 252 g/mol. The van der Waals surface area contributed by atoms with Crippen molar-refractivity contribution in [3.8, 4) is 5.75 Å². The van der Waals surface area contributed by atoms with Gasteiger partial charge in [-0.25, -0.2) is 4.79 Å². The molecule has 0 saturated heterocycles. The molecule has 4 nitrogen and oxygen atoms in total. The molecule has 1 aromatic carbocycles. The van der Waals surface area contributed by atoms with Crippen molar-refractivity contribution in [2.75, 3.05) is 7.11 Å². The van der Waals surface area contributed by atoms with Gasteiger partial charge in [0.1, 0.15) is 5.75 Å². The molecule has 0 bridgehead atoms. The molecule has 2 aromatic rings. The number of benzene rings is 1. The highest BCUT2D eigenvalue weighted by molar-refractivity contribution is 7.19. The fourth-order valence-corrected chi connectivity index (χ4v) is 2.99. The Kier molecular flexibility index (Phi) is 3.04. The van der Waals surface area contributed by atoms with Gasteiger partial charge in [-0.15, -0.1) is 11.3 Å². The van der Waals surface area contributed by atoms with Crippen molar-refractivity contribution in [2.45, 2.75) is 13.0 Å². The van der Waals surface area contributed by atoms with Crippen LogP contribution >= 0.6 is 11.3 Å². The zero-order valence-corrected chi connectivity index (χ0v) is 10.2. The Hall–Kier alpha value is -1.59. The second kappa shape index (κ2) is 4.35. The van der Waals surface area contributed by atoms with E-state index < -0.39 is 12.1 Å². The third-order valence-corrected chi connectivity index (χ3v) is 3.71. The zero-order valence-electron chi connectivity index (χ0n) is 9.43. The zero-order chi connectivity index (χ0) is 12.6. The van der Waals surface area contributed by atoms with Crippen molar-refractivity contribution in [3.63, 3.8) is 0 Å². The molecule has 2 rings (SSSR count). The third kappa shape index (κ3) is 1.87. The first kappa shape index (κ1) is 11.9. The standard InChI is InChI=1S/C12H12O4S/c1-6-9(11(13)12(14)15)10-7(16-2)4-3-5-8(10)17-6/h3-5,11,13H,1-2H3,(H,14,15). The van der Waals surface area contributed by atoms with Crippen LogP contribution in [0.2, 0.25) is 0 Å². The van der Waals surface area contributed by atoms with Crippen LogP contribution in [-0.2, 0) is 4.79 Å². The Labute approximate surface area is 102 Å². The van der Waals surface area contributed by atoms with Crippen molar-refractivity contribution in [1.82, 2.24) is 0 Å². The quantitative estimate of drug-likeness (QED) is 0.879. The first-order chi connectivity index (χ1) is 8.06. The Morgan fingerprint density at radius 3 is 2.76 bits per heavy atom.